The molecule has 0 aliphatic carbocycles. The molecular weight excluding hydrogens is 273 g/mol. The van der Waals surface area contributed by atoms with E-state index >= 15 is 0 Å². The molecular formula is C14H14FN5O. The summed E-state index contributed by atoms with van der Waals surface area (Å²) in [5, 5.41) is 7.72. The fourth-order valence-corrected chi connectivity index (χ4v) is 3.08. The van der Waals surface area contributed by atoms with Gasteiger partial charge in [-0.25, -0.2) is 9.07 Å². The number of hydrogen-bond acceptors (Lipinski definition) is 5. The summed E-state index contributed by atoms with van der Waals surface area (Å²) in [6, 6.07) is 1.09. The maximum Gasteiger partial charge on any atom is 0.273 e. The molecule has 1 aromatic heterocycles. The number of nitrogens with zero attached hydrogens (tertiary/aromatic N) is 4. The van der Waals surface area contributed by atoms with Crippen molar-refractivity contribution in [3.05, 3.63) is 39.8 Å². The molecule has 1 N–H and O–H groups in total. The fourth-order valence-electron chi connectivity index (χ4n) is 3.08. The van der Waals surface area contributed by atoms with Gasteiger partial charge in [-0.2, -0.15) is 10.1 Å². The first-order valence-corrected chi connectivity index (χ1v) is 7.06. The molecule has 3 aliphatic heterocycles. The Morgan fingerprint density at radius 2 is 2.14 bits per heavy atom. The van der Waals surface area contributed by atoms with Crippen molar-refractivity contribution in [2.75, 3.05) is 13.1 Å². The highest BCUT2D eigenvalue weighted by atomic mass is 19.1. The smallest absolute Gasteiger partial charge is 0.273 e. The third-order valence-electron chi connectivity index (χ3n) is 4.09. The Labute approximate surface area is 120 Å². The van der Waals surface area contributed by atoms with Gasteiger partial charge in [0.2, 0.25) is 0 Å². The molecule has 0 amide bonds. The van der Waals surface area contributed by atoms with Crippen molar-refractivity contribution < 1.29 is 4.39 Å². The molecule has 108 valence electrons. The second kappa shape index (κ2) is 4.70. The van der Waals surface area contributed by atoms with E-state index in [0.29, 0.717) is 11.5 Å². The van der Waals surface area contributed by atoms with Gasteiger partial charge in [0.15, 0.2) is 11.9 Å². The standard InChI is InChI=1S/C14H14FN5O/c15-9-5-10-13(17-7-9)14-18-12(21)6-11(20(14)19-10)8-1-3-16-4-2-8/h5-8,13,16H,1-4H2. The normalized spacial score (nSPS) is 24.3. The second-order valence-electron chi connectivity index (χ2n) is 5.45. The Balaban J connectivity index is 1.84. The lowest BCUT2D eigenvalue weighted by Crippen LogP contribution is -2.29. The zero-order chi connectivity index (χ0) is 14.4. The Kier molecular flexibility index (Phi) is 2.81. The number of piperidine rings is 1. The summed E-state index contributed by atoms with van der Waals surface area (Å²) >= 11 is 0. The third-order valence-corrected chi connectivity index (χ3v) is 4.09. The van der Waals surface area contributed by atoms with Gasteiger partial charge < -0.3 is 5.32 Å². The van der Waals surface area contributed by atoms with E-state index in [1.165, 1.54) is 6.08 Å². The molecule has 0 aromatic carbocycles. The number of halogens is 1. The van der Waals surface area contributed by atoms with Gasteiger partial charge in [0, 0.05) is 18.1 Å². The van der Waals surface area contributed by atoms with Crippen LogP contribution in [0.25, 0.3) is 0 Å². The van der Waals surface area contributed by atoms with Crippen LogP contribution in [-0.4, -0.2) is 34.7 Å². The molecule has 6 nitrogen and oxygen atoms in total. The first-order chi connectivity index (χ1) is 10.2. The van der Waals surface area contributed by atoms with Crippen LogP contribution in [0.3, 0.4) is 0 Å². The number of aliphatic imine (C=N–C) groups is 1. The SMILES string of the molecule is O=c1cc(C2CCNCC2)n2c(n1)C1N=CC(F)=CC1=N2. The minimum Gasteiger partial charge on any atom is -0.317 e. The molecule has 4 heterocycles. The van der Waals surface area contributed by atoms with Crippen molar-refractivity contribution in [2.24, 2.45) is 10.1 Å². The first-order valence-electron chi connectivity index (χ1n) is 7.06. The monoisotopic (exact) mass is 287 g/mol. The second-order valence-corrected chi connectivity index (χ2v) is 5.45. The lowest BCUT2D eigenvalue weighted by atomic mass is 9.94. The van der Waals surface area contributed by atoms with E-state index in [9.17, 15) is 9.18 Å². The summed E-state index contributed by atoms with van der Waals surface area (Å²) < 4.78 is 15.0. The van der Waals surface area contributed by atoms with Crippen LogP contribution in [0.15, 0.2) is 32.9 Å². The van der Waals surface area contributed by atoms with E-state index in [1.54, 1.807) is 10.7 Å². The predicted molar refractivity (Wildman–Crippen MR) is 76.6 cm³/mol. The van der Waals surface area contributed by atoms with Gasteiger partial charge in [-0.05, 0) is 25.9 Å². The highest BCUT2D eigenvalue weighted by Gasteiger charge is 2.32. The molecule has 1 aromatic rings. The molecule has 1 saturated heterocycles. The Morgan fingerprint density at radius 1 is 1.33 bits per heavy atom. The van der Waals surface area contributed by atoms with E-state index in [0.717, 1.165) is 37.8 Å². The minimum absolute atomic E-state index is 0.267. The molecule has 3 aliphatic rings. The summed E-state index contributed by atoms with van der Waals surface area (Å²) in [5.41, 5.74) is 1.08. The van der Waals surface area contributed by atoms with Crippen molar-refractivity contribution in [3.8, 4) is 0 Å². The predicted octanol–water partition coefficient (Wildman–Crippen LogP) is 0.907. The number of nitrogens with one attached hydrogen (secondary N) is 1. The van der Waals surface area contributed by atoms with Crippen molar-refractivity contribution in [1.29, 1.82) is 0 Å². The minimum atomic E-state index is -0.459. The maximum atomic E-state index is 13.3. The van der Waals surface area contributed by atoms with Gasteiger partial charge in [-0.3, -0.25) is 9.79 Å². The van der Waals surface area contributed by atoms with Crippen molar-refractivity contribution in [3.63, 3.8) is 0 Å². The molecule has 0 saturated carbocycles. The van der Waals surface area contributed by atoms with Gasteiger partial charge in [-0.15, -0.1) is 0 Å². The molecule has 1 unspecified atom stereocenters. The summed E-state index contributed by atoms with van der Waals surface area (Å²) in [7, 11) is 0. The van der Waals surface area contributed by atoms with E-state index in [4.69, 9.17) is 0 Å². The van der Waals surface area contributed by atoms with Crippen LogP contribution < -0.4 is 10.9 Å². The van der Waals surface area contributed by atoms with Crippen molar-refractivity contribution in [2.45, 2.75) is 24.8 Å². The lowest BCUT2D eigenvalue weighted by molar-refractivity contribution is 0.439. The number of dihydropyridines is 1. The zero-order valence-electron chi connectivity index (χ0n) is 11.3. The Hall–Kier alpha value is -2.15. The van der Waals surface area contributed by atoms with Gasteiger partial charge in [0.05, 0.1) is 17.6 Å². The Bertz CT molecular complexity index is 742. The zero-order valence-corrected chi connectivity index (χ0v) is 11.3. The molecule has 0 radical (unpaired) electrons. The Morgan fingerprint density at radius 3 is 2.95 bits per heavy atom. The number of fused-ring (bicyclic) bond motifs is 3. The number of rotatable bonds is 1. The topological polar surface area (TPSA) is 71.6 Å². The molecule has 0 bridgehead atoms. The molecule has 7 heteroatoms. The largest absolute Gasteiger partial charge is 0.317 e. The van der Waals surface area contributed by atoms with Crippen LogP contribution >= 0.6 is 0 Å². The van der Waals surface area contributed by atoms with Gasteiger partial charge in [-0.1, -0.05) is 0 Å². The van der Waals surface area contributed by atoms with Gasteiger partial charge in [0.25, 0.3) is 5.56 Å². The fraction of sp³-hybridized carbons (Fsp3) is 0.429. The summed E-state index contributed by atoms with van der Waals surface area (Å²) in [5.74, 6) is 0.332. The average Bonchev–Trinajstić information content (AvgIpc) is 2.84. The number of hydrogen-bond donors (Lipinski definition) is 1. The van der Waals surface area contributed by atoms with E-state index in [-0.39, 0.29) is 11.5 Å². The van der Waals surface area contributed by atoms with Crippen LogP contribution in [0, 0.1) is 0 Å². The van der Waals surface area contributed by atoms with Crippen LogP contribution in [0.1, 0.15) is 36.3 Å². The molecule has 1 fully saturated rings. The van der Waals surface area contributed by atoms with Gasteiger partial charge in [0.1, 0.15) is 5.83 Å². The molecule has 21 heavy (non-hydrogen) atoms. The molecule has 0 spiro atoms. The highest BCUT2D eigenvalue weighted by molar-refractivity contribution is 6.07. The van der Waals surface area contributed by atoms with Crippen LogP contribution in [-0.2, 0) is 0 Å². The van der Waals surface area contributed by atoms with E-state index < -0.39 is 11.9 Å². The third kappa shape index (κ3) is 2.04. The van der Waals surface area contributed by atoms with E-state index in [2.05, 4.69) is 20.4 Å². The maximum absolute atomic E-state index is 13.3. The van der Waals surface area contributed by atoms with Crippen LogP contribution in [0.2, 0.25) is 0 Å². The molecule has 4 rings (SSSR count). The van der Waals surface area contributed by atoms with Crippen molar-refractivity contribution in [1.82, 2.24) is 15.0 Å². The summed E-state index contributed by atoms with van der Waals surface area (Å²) in [6.45, 7) is 1.84. The summed E-state index contributed by atoms with van der Waals surface area (Å²) in [6.07, 6.45) is 4.41. The summed E-state index contributed by atoms with van der Waals surface area (Å²) in [4.78, 5) is 20.0. The molecule has 1 atom stereocenters. The first kappa shape index (κ1) is 12.6. The lowest BCUT2D eigenvalue weighted by Gasteiger charge is -2.24. The van der Waals surface area contributed by atoms with Crippen molar-refractivity contribution >= 4 is 11.9 Å². The van der Waals surface area contributed by atoms with E-state index in [1.807, 2.05) is 0 Å². The highest BCUT2D eigenvalue weighted by Crippen LogP contribution is 2.32. The number of aromatic nitrogens is 2. The van der Waals surface area contributed by atoms with Crippen LogP contribution in [0.4, 0.5) is 4.39 Å². The quantitative estimate of drug-likeness (QED) is 0.834. The van der Waals surface area contributed by atoms with Gasteiger partial charge >= 0.3 is 0 Å². The average molecular weight is 287 g/mol. The van der Waals surface area contributed by atoms with Crippen LogP contribution in [0.5, 0.6) is 0 Å². The number of allylic oxidation sites excluding steroid dienone is 1.